The van der Waals surface area contributed by atoms with Crippen molar-refractivity contribution in [1.29, 1.82) is 0 Å². The molecule has 0 unspecified atom stereocenters. The lowest BCUT2D eigenvalue weighted by Crippen LogP contribution is -2.45. The van der Waals surface area contributed by atoms with Crippen LogP contribution in [-0.4, -0.2) is 64.0 Å². The lowest BCUT2D eigenvalue weighted by atomic mass is 10.0. The van der Waals surface area contributed by atoms with E-state index in [9.17, 15) is 9.59 Å². The first-order chi connectivity index (χ1) is 20.5. The van der Waals surface area contributed by atoms with Gasteiger partial charge in [0.2, 0.25) is 5.91 Å². The lowest BCUT2D eigenvalue weighted by Gasteiger charge is -2.33. The predicted octanol–water partition coefficient (Wildman–Crippen LogP) is 6.48. The first-order valence-electron chi connectivity index (χ1n) is 15.3. The minimum atomic E-state index is -0.621. The molecule has 2 aliphatic rings. The maximum absolute atomic E-state index is 15.5. The Labute approximate surface area is 257 Å². The third-order valence-electron chi connectivity index (χ3n) is 7.97. The molecule has 1 atom stereocenters. The van der Waals surface area contributed by atoms with Gasteiger partial charge in [-0.3, -0.25) is 9.59 Å². The highest BCUT2D eigenvalue weighted by Crippen LogP contribution is 2.33. The van der Waals surface area contributed by atoms with Crippen LogP contribution in [0.1, 0.15) is 80.7 Å². The molecule has 0 saturated carbocycles. The van der Waals surface area contributed by atoms with E-state index in [1.807, 2.05) is 31.2 Å². The average molecular weight is 608 g/mol. The number of nitrogens with zero attached hydrogens (tertiary/aromatic N) is 4. The zero-order valence-corrected chi connectivity index (χ0v) is 26.5. The van der Waals surface area contributed by atoms with E-state index in [-0.39, 0.29) is 30.0 Å². The van der Waals surface area contributed by atoms with Crippen LogP contribution in [0.2, 0.25) is 0 Å². The highest BCUT2D eigenvalue weighted by molar-refractivity contribution is 7.14. The molecule has 0 bridgehead atoms. The Morgan fingerprint density at radius 3 is 2.44 bits per heavy atom. The largest absolute Gasteiger partial charge is 0.457 e. The normalized spacial score (nSPS) is 18.2. The molecule has 2 aliphatic heterocycles. The molecule has 10 heteroatoms. The van der Waals surface area contributed by atoms with Crippen molar-refractivity contribution in [1.82, 2.24) is 25.3 Å². The molecule has 2 aromatic carbocycles. The average Bonchev–Trinajstić information content (AvgIpc) is 3.57. The van der Waals surface area contributed by atoms with Crippen molar-refractivity contribution in [2.24, 2.45) is 11.8 Å². The molecule has 1 aromatic heterocycles. The Balaban J connectivity index is 1.35. The summed E-state index contributed by atoms with van der Waals surface area (Å²) in [6.07, 6.45) is 2.13. The summed E-state index contributed by atoms with van der Waals surface area (Å²) in [6.45, 7) is 14.3. The van der Waals surface area contributed by atoms with Crippen molar-refractivity contribution in [3.63, 3.8) is 0 Å². The molecule has 0 radical (unpaired) electrons. The molecule has 3 aromatic rings. The number of hydrogen-bond donors (Lipinski definition) is 1. The molecule has 2 fully saturated rings. The Morgan fingerprint density at radius 1 is 1.12 bits per heavy atom. The van der Waals surface area contributed by atoms with Crippen LogP contribution in [-0.2, 0) is 11.3 Å². The number of carbonyl (C=O) groups excluding carboxylic acids is 2. The van der Waals surface area contributed by atoms with Crippen LogP contribution in [0.25, 0.3) is 10.6 Å². The standard InChI is InChI=1S/C33H42FN5O3S/c1-20(2)17-38-12-10-25(11-13-38)35-31(41)27-16-29(24(15-28(27)34)19-39-18-22(5)14-30(39)40)42-26-8-6-23(7-9-26)33-37-36-32(43-33)21(3)4/h6-9,15-16,20-22,25H,10-14,17-19H2,1-5H3,(H,35,41)/t22-/m0/s1. The van der Waals surface area contributed by atoms with Gasteiger partial charge in [0.25, 0.3) is 5.91 Å². The van der Waals surface area contributed by atoms with Gasteiger partial charge in [0, 0.05) is 62.2 Å². The number of piperidine rings is 1. The Hall–Kier alpha value is -3.37. The Morgan fingerprint density at radius 2 is 1.84 bits per heavy atom. The maximum atomic E-state index is 15.5. The topological polar surface area (TPSA) is 87.7 Å². The molecule has 1 N–H and O–H groups in total. The SMILES string of the molecule is CC(C)CN1CCC(NC(=O)c2cc(Oc3ccc(-c4nnc(C(C)C)s4)cc3)c(CN3C[C@@H](C)CC3=O)cc2F)CC1. The minimum absolute atomic E-state index is 0.00725. The second kappa shape index (κ2) is 13.5. The molecular weight excluding hydrogens is 565 g/mol. The molecule has 2 saturated heterocycles. The van der Waals surface area contributed by atoms with Gasteiger partial charge in [-0.2, -0.15) is 0 Å². The third-order valence-corrected chi connectivity index (χ3v) is 9.25. The zero-order valence-electron chi connectivity index (χ0n) is 25.7. The number of nitrogens with one attached hydrogen (secondary N) is 1. The van der Waals surface area contributed by atoms with Gasteiger partial charge in [0.05, 0.1) is 5.56 Å². The molecular formula is C33H42FN5O3S. The van der Waals surface area contributed by atoms with Crippen molar-refractivity contribution < 1.29 is 18.7 Å². The maximum Gasteiger partial charge on any atom is 0.254 e. The zero-order chi connectivity index (χ0) is 30.7. The van der Waals surface area contributed by atoms with Crippen molar-refractivity contribution >= 4 is 23.2 Å². The number of aromatic nitrogens is 2. The van der Waals surface area contributed by atoms with Crippen LogP contribution in [0.4, 0.5) is 4.39 Å². The molecule has 230 valence electrons. The van der Waals surface area contributed by atoms with Gasteiger partial charge in [-0.05, 0) is 61.1 Å². The van der Waals surface area contributed by atoms with Gasteiger partial charge in [0.15, 0.2) is 0 Å². The number of benzene rings is 2. The van der Waals surface area contributed by atoms with Crippen LogP contribution in [0.5, 0.6) is 11.5 Å². The van der Waals surface area contributed by atoms with Crippen molar-refractivity contribution in [3.8, 4) is 22.1 Å². The Kier molecular flexibility index (Phi) is 9.76. The van der Waals surface area contributed by atoms with Crippen LogP contribution in [0, 0.1) is 17.7 Å². The van der Waals surface area contributed by atoms with Crippen LogP contribution in [0.3, 0.4) is 0 Å². The van der Waals surface area contributed by atoms with E-state index in [1.54, 1.807) is 16.2 Å². The smallest absolute Gasteiger partial charge is 0.254 e. The summed E-state index contributed by atoms with van der Waals surface area (Å²) >= 11 is 1.56. The number of hydrogen-bond acceptors (Lipinski definition) is 7. The lowest BCUT2D eigenvalue weighted by molar-refractivity contribution is -0.128. The summed E-state index contributed by atoms with van der Waals surface area (Å²) in [4.78, 5) is 30.0. The molecule has 0 spiro atoms. The van der Waals surface area contributed by atoms with Gasteiger partial charge in [0.1, 0.15) is 27.3 Å². The van der Waals surface area contributed by atoms with Crippen molar-refractivity contribution in [2.75, 3.05) is 26.2 Å². The summed E-state index contributed by atoms with van der Waals surface area (Å²) in [5.74, 6) is 0.995. The van der Waals surface area contributed by atoms with Crippen molar-refractivity contribution in [2.45, 2.75) is 72.4 Å². The molecule has 0 aliphatic carbocycles. The van der Waals surface area contributed by atoms with E-state index in [0.29, 0.717) is 41.9 Å². The molecule has 8 nitrogen and oxygen atoms in total. The molecule has 2 amide bonds. The summed E-state index contributed by atoms with van der Waals surface area (Å²) in [5, 5.41) is 13.4. The van der Waals surface area contributed by atoms with E-state index in [1.165, 1.54) is 12.1 Å². The molecule has 5 rings (SSSR count). The third kappa shape index (κ3) is 7.78. The fraction of sp³-hybridized carbons (Fsp3) is 0.515. The number of likely N-dealkylation sites (tertiary alicyclic amines) is 2. The van der Waals surface area contributed by atoms with E-state index in [0.717, 1.165) is 48.1 Å². The van der Waals surface area contributed by atoms with Gasteiger partial charge in [-0.15, -0.1) is 10.2 Å². The van der Waals surface area contributed by atoms with Crippen LogP contribution >= 0.6 is 11.3 Å². The minimum Gasteiger partial charge on any atom is -0.457 e. The number of carbonyl (C=O) groups is 2. The van der Waals surface area contributed by atoms with Gasteiger partial charge >= 0.3 is 0 Å². The fourth-order valence-electron chi connectivity index (χ4n) is 5.73. The summed E-state index contributed by atoms with van der Waals surface area (Å²) < 4.78 is 21.8. The second-order valence-electron chi connectivity index (χ2n) is 12.7. The first kappa shape index (κ1) is 31.1. The number of ether oxygens (including phenoxy) is 1. The summed E-state index contributed by atoms with van der Waals surface area (Å²) in [5.41, 5.74) is 1.39. The molecule has 3 heterocycles. The molecule has 43 heavy (non-hydrogen) atoms. The number of rotatable bonds is 10. The summed E-state index contributed by atoms with van der Waals surface area (Å²) in [7, 11) is 0. The van der Waals surface area contributed by atoms with Gasteiger partial charge in [-0.25, -0.2) is 4.39 Å². The van der Waals surface area contributed by atoms with E-state index < -0.39 is 11.7 Å². The highest BCUT2D eigenvalue weighted by atomic mass is 32.1. The highest BCUT2D eigenvalue weighted by Gasteiger charge is 2.29. The Bertz CT molecular complexity index is 1430. The summed E-state index contributed by atoms with van der Waals surface area (Å²) in [6, 6.07) is 10.3. The predicted molar refractivity (Wildman–Crippen MR) is 167 cm³/mol. The van der Waals surface area contributed by atoms with Gasteiger partial charge < -0.3 is 19.9 Å². The first-order valence-corrected chi connectivity index (χ1v) is 16.1. The van der Waals surface area contributed by atoms with Crippen LogP contribution in [0.15, 0.2) is 36.4 Å². The van der Waals surface area contributed by atoms with E-state index in [2.05, 4.69) is 48.1 Å². The number of halogens is 1. The van der Waals surface area contributed by atoms with Crippen LogP contribution < -0.4 is 10.1 Å². The van der Waals surface area contributed by atoms with E-state index in [4.69, 9.17) is 4.74 Å². The van der Waals surface area contributed by atoms with E-state index >= 15 is 4.39 Å². The monoisotopic (exact) mass is 607 g/mol. The van der Waals surface area contributed by atoms with Gasteiger partial charge in [-0.1, -0.05) is 46.0 Å². The quantitative estimate of drug-likeness (QED) is 0.284. The second-order valence-corrected chi connectivity index (χ2v) is 13.7. The number of amides is 2. The van der Waals surface area contributed by atoms with Crippen molar-refractivity contribution in [3.05, 3.63) is 58.3 Å². The fourth-order valence-corrected chi connectivity index (χ4v) is 6.58.